The van der Waals surface area contributed by atoms with Crippen LogP contribution in [0.4, 0.5) is 4.39 Å². The molecule has 0 aromatic heterocycles. The summed E-state index contributed by atoms with van der Waals surface area (Å²) in [7, 11) is 0. The van der Waals surface area contributed by atoms with Crippen molar-refractivity contribution in [3.63, 3.8) is 0 Å². The van der Waals surface area contributed by atoms with Crippen molar-refractivity contribution in [3.05, 3.63) is 35.6 Å². The molecule has 0 amide bonds. The van der Waals surface area contributed by atoms with Crippen LogP contribution in [-0.2, 0) is 0 Å². The van der Waals surface area contributed by atoms with E-state index in [4.69, 9.17) is 0 Å². The quantitative estimate of drug-likeness (QED) is 0.622. The standard InChI is InChI=1S/C15H21F/c1-2-12-4-3-5-13(7-6-12)14-8-10-15(16)11-9-14/h8-13H,2-7H2,1H3. The van der Waals surface area contributed by atoms with Gasteiger partial charge < -0.3 is 0 Å². The molecule has 1 aromatic rings. The fraction of sp³-hybridized carbons (Fsp3) is 0.600. The van der Waals surface area contributed by atoms with E-state index in [1.54, 1.807) is 12.1 Å². The first kappa shape index (κ1) is 11.6. The molecule has 0 spiro atoms. The summed E-state index contributed by atoms with van der Waals surface area (Å²) in [6.07, 6.45) is 7.94. The Labute approximate surface area is 97.9 Å². The van der Waals surface area contributed by atoms with Gasteiger partial charge in [-0.25, -0.2) is 4.39 Å². The van der Waals surface area contributed by atoms with Crippen molar-refractivity contribution in [1.29, 1.82) is 0 Å². The van der Waals surface area contributed by atoms with Crippen molar-refractivity contribution in [2.24, 2.45) is 5.92 Å². The molecule has 0 radical (unpaired) electrons. The maximum absolute atomic E-state index is 12.9. The largest absolute Gasteiger partial charge is 0.207 e. The molecule has 1 fully saturated rings. The van der Waals surface area contributed by atoms with Crippen LogP contribution in [0.5, 0.6) is 0 Å². The highest BCUT2D eigenvalue weighted by atomic mass is 19.1. The average molecular weight is 220 g/mol. The Morgan fingerprint density at radius 3 is 2.50 bits per heavy atom. The summed E-state index contributed by atoms with van der Waals surface area (Å²) < 4.78 is 12.9. The fourth-order valence-corrected chi connectivity index (χ4v) is 2.86. The summed E-state index contributed by atoms with van der Waals surface area (Å²) in [6, 6.07) is 7.12. The lowest BCUT2D eigenvalue weighted by Crippen LogP contribution is -1.98. The lowest BCUT2D eigenvalue weighted by atomic mass is 9.91. The topological polar surface area (TPSA) is 0 Å². The number of halogens is 1. The Morgan fingerprint density at radius 2 is 1.81 bits per heavy atom. The highest BCUT2D eigenvalue weighted by Crippen LogP contribution is 2.35. The first-order chi connectivity index (χ1) is 7.79. The summed E-state index contributed by atoms with van der Waals surface area (Å²) in [6.45, 7) is 2.29. The van der Waals surface area contributed by atoms with E-state index in [2.05, 4.69) is 6.92 Å². The molecule has 0 bridgehead atoms. The Bertz CT molecular complexity index is 315. The third kappa shape index (κ3) is 2.84. The van der Waals surface area contributed by atoms with Crippen molar-refractivity contribution in [3.8, 4) is 0 Å². The van der Waals surface area contributed by atoms with Crippen LogP contribution < -0.4 is 0 Å². The zero-order valence-electron chi connectivity index (χ0n) is 10.1. The highest BCUT2D eigenvalue weighted by Gasteiger charge is 2.18. The molecule has 1 heteroatoms. The molecule has 0 saturated heterocycles. The third-order valence-corrected chi connectivity index (χ3v) is 4.01. The van der Waals surface area contributed by atoms with Crippen LogP contribution in [0, 0.1) is 11.7 Å². The Balaban J connectivity index is 2.02. The summed E-state index contributed by atoms with van der Waals surface area (Å²) in [5, 5.41) is 0. The number of benzene rings is 1. The summed E-state index contributed by atoms with van der Waals surface area (Å²) in [4.78, 5) is 0. The van der Waals surface area contributed by atoms with Gasteiger partial charge in [0.2, 0.25) is 0 Å². The lowest BCUT2D eigenvalue weighted by Gasteiger charge is -2.14. The predicted octanol–water partition coefficient (Wildman–Crippen LogP) is 4.90. The molecule has 0 N–H and O–H groups in total. The van der Waals surface area contributed by atoms with Gasteiger partial charge in [0.25, 0.3) is 0 Å². The molecule has 1 aromatic carbocycles. The number of hydrogen-bond donors (Lipinski definition) is 0. The van der Waals surface area contributed by atoms with Gasteiger partial charge in [0.15, 0.2) is 0 Å². The molecular formula is C15H21F. The first-order valence-corrected chi connectivity index (χ1v) is 6.55. The van der Waals surface area contributed by atoms with Crippen molar-refractivity contribution < 1.29 is 4.39 Å². The smallest absolute Gasteiger partial charge is 0.123 e. The van der Waals surface area contributed by atoms with Crippen LogP contribution in [0.25, 0.3) is 0 Å². The van der Waals surface area contributed by atoms with Gasteiger partial charge in [0.05, 0.1) is 0 Å². The maximum atomic E-state index is 12.9. The fourth-order valence-electron chi connectivity index (χ4n) is 2.86. The molecule has 88 valence electrons. The lowest BCUT2D eigenvalue weighted by molar-refractivity contribution is 0.443. The molecule has 1 aliphatic carbocycles. The zero-order chi connectivity index (χ0) is 11.4. The second-order valence-electron chi connectivity index (χ2n) is 5.03. The van der Waals surface area contributed by atoms with Crippen LogP contribution in [-0.4, -0.2) is 0 Å². The Kier molecular flexibility index (Phi) is 3.98. The average Bonchev–Trinajstić information content (AvgIpc) is 2.55. The summed E-state index contributed by atoms with van der Waals surface area (Å²) >= 11 is 0. The van der Waals surface area contributed by atoms with Gasteiger partial charge in [-0.2, -0.15) is 0 Å². The van der Waals surface area contributed by atoms with Gasteiger partial charge in [0, 0.05) is 0 Å². The summed E-state index contributed by atoms with van der Waals surface area (Å²) in [5.41, 5.74) is 1.33. The van der Waals surface area contributed by atoms with Crippen molar-refractivity contribution in [2.45, 2.75) is 51.4 Å². The summed E-state index contributed by atoms with van der Waals surface area (Å²) in [5.74, 6) is 1.46. The van der Waals surface area contributed by atoms with Crippen molar-refractivity contribution in [1.82, 2.24) is 0 Å². The van der Waals surface area contributed by atoms with E-state index in [0.717, 1.165) is 5.92 Å². The van der Waals surface area contributed by atoms with Crippen LogP contribution in [0.3, 0.4) is 0 Å². The minimum Gasteiger partial charge on any atom is -0.207 e. The maximum Gasteiger partial charge on any atom is 0.123 e. The number of rotatable bonds is 2. The van der Waals surface area contributed by atoms with E-state index < -0.39 is 0 Å². The molecule has 1 aliphatic rings. The van der Waals surface area contributed by atoms with Crippen LogP contribution >= 0.6 is 0 Å². The van der Waals surface area contributed by atoms with E-state index in [9.17, 15) is 4.39 Å². The Hall–Kier alpha value is -0.850. The van der Waals surface area contributed by atoms with Gasteiger partial charge in [-0.05, 0) is 48.8 Å². The van der Waals surface area contributed by atoms with E-state index in [1.807, 2.05) is 12.1 Å². The SMILES string of the molecule is CCC1CCCC(c2ccc(F)cc2)CC1. The van der Waals surface area contributed by atoms with E-state index in [0.29, 0.717) is 5.92 Å². The van der Waals surface area contributed by atoms with Crippen LogP contribution in [0.15, 0.2) is 24.3 Å². The molecule has 2 rings (SSSR count). The molecule has 2 unspecified atom stereocenters. The molecule has 0 heterocycles. The van der Waals surface area contributed by atoms with Gasteiger partial charge in [0.1, 0.15) is 5.82 Å². The normalized spacial score (nSPS) is 26.4. The van der Waals surface area contributed by atoms with Gasteiger partial charge in [-0.3, -0.25) is 0 Å². The van der Waals surface area contributed by atoms with E-state index in [-0.39, 0.29) is 5.82 Å². The highest BCUT2D eigenvalue weighted by molar-refractivity contribution is 5.20. The molecule has 0 aliphatic heterocycles. The predicted molar refractivity (Wildman–Crippen MR) is 66.0 cm³/mol. The van der Waals surface area contributed by atoms with E-state index >= 15 is 0 Å². The molecule has 16 heavy (non-hydrogen) atoms. The Morgan fingerprint density at radius 1 is 1.06 bits per heavy atom. The minimum absolute atomic E-state index is 0.121. The molecular weight excluding hydrogens is 199 g/mol. The molecule has 1 saturated carbocycles. The zero-order valence-corrected chi connectivity index (χ0v) is 10.1. The van der Waals surface area contributed by atoms with E-state index in [1.165, 1.54) is 44.1 Å². The molecule has 2 atom stereocenters. The number of hydrogen-bond acceptors (Lipinski definition) is 0. The van der Waals surface area contributed by atoms with Crippen molar-refractivity contribution >= 4 is 0 Å². The van der Waals surface area contributed by atoms with Crippen LogP contribution in [0.1, 0.15) is 56.9 Å². The van der Waals surface area contributed by atoms with Crippen LogP contribution in [0.2, 0.25) is 0 Å². The minimum atomic E-state index is -0.121. The second-order valence-corrected chi connectivity index (χ2v) is 5.03. The van der Waals surface area contributed by atoms with Gasteiger partial charge in [-0.1, -0.05) is 38.3 Å². The monoisotopic (exact) mass is 220 g/mol. The first-order valence-electron chi connectivity index (χ1n) is 6.55. The van der Waals surface area contributed by atoms with Crippen molar-refractivity contribution in [2.75, 3.05) is 0 Å². The second kappa shape index (κ2) is 5.47. The third-order valence-electron chi connectivity index (χ3n) is 4.01. The van der Waals surface area contributed by atoms with Gasteiger partial charge >= 0.3 is 0 Å². The van der Waals surface area contributed by atoms with Gasteiger partial charge in [-0.15, -0.1) is 0 Å². The molecule has 0 nitrogen and oxygen atoms in total.